The molecule has 1 fully saturated rings. The average Bonchev–Trinajstić information content (AvgIpc) is 3.16. The molecule has 140 valence electrons. The average molecular weight is 358 g/mol. The van der Waals surface area contributed by atoms with Crippen molar-refractivity contribution in [3.8, 4) is 0 Å². The number of aromatic nitrogens is 1. The number of ketones is 1. The number of Topliss-reactive ketones (excluding diaryl/α,β-unsaturated/α-hetero) is 1. The molecule has 6 nitrogen and oxygen atoms in total. The standard InChI is InChI=1S/C20H27N3O3/c1-13-10-18(14(2)23(13)11-17-6-5-9-26-17)20(25)15(3)22(4)12-19(24)21-16-7-8-16/h5-6,9-10,15-16H,7-8,11-12H2,1-4H3,(H,21,24)/p+1/t15-/m0/s1. The van der Waals surface area contributed by atoms with Crippen molar-refractivity contribution in [1.29, 1.82) is 0 Å². The Hall–Kier alpha value is -2.34. The lowest BCUT2D eigenvalue weighted by Gasteiger charge is -2.20. The Labute approximate surface area is 154 Å². The summed E-state index contributed by atoms with van der Waals surface area (Å²) in [6.07, 6.45) is 3.80. The number of hydrogen-bond acceptors (Lipinski definition) is 3. The number of nitrogens with one attached hydrogen (secondary N) is 2. The molecule has 6 heteroatoms. The SMILES string of the molecule is Cc1cc(C(=O)[C@H](C)[NH+](C)CC(=O)NC2CC2)c(C)n1Cc1ccco1. The predicted molar refractivity (Wildman–Crippen MR) is 98.4 cm³/mol. The molecule has 3 rings (SSSR count). The molecule has 26 heavy (non-hydrogen) atoms. The van der Waals surface area contributed by atoms with Crippen LogP contribution in [-0.4, -0.2) is 41.9 Å². The van der Waals surface area contributed by atoms with Gasteiger partial charge in [-0.15, -0.1) is 0 Å². The van der Waals surface area contributed by atoms with Crippen LogP contribution in [0.1, 0.15) is 47.3 Å². The van der Waals surface area contributed by atoms with E-state index in [9.17, 15) is 9.59 Å². The van der Waals surface area contributed by atoms with Gasteiger partial charge in [0.05, 0.1) is 19.9 Å². The molecule has 0 bridgehead atoms. The normalized spacial score (nSPS) is 16.3. The van der Waals surface area contributed by atoms with Crippen LogP contribution in [0.3, 0.4) is 0 Å². The van der Waals surface area contributed by atoms with Crippen molar-refractivity contribution in [1.82, 2.24) is 9.88 Å². The fraction of sp³-hybridized carbons (Fsp3) is 0.500. The maximum Gasteiger partial charge on any atom is 0.275 e. The number of likely N-dealkylation sites (N-methyl/N-ethyl adjacent to an activating group) is 1. The first-order valence-electron chi connectivity index (χ1n) is 9.21. The van der Waals surface area contributed by atoms with Crippen LogP contribution in [0.4, 0.5) is 0 Å². The van der Waals surface area contributed by atoms with Crippen LogP contribution < -0.4 is 10.2 Å². The minimum atomic E-state index is -0.280. The molecule has 1 aliphatic rings. The van der Waals surface area contributed by atoms with Crippen molar-refractivity contribution in [2.75, 3.05) is 13.6 Å². The van der Waals surface area contributed by atoms with E-state index in [0.717, 1.165) is 40.5 Å². The quantitative estimate of drug-likeness (QED) is 0.695. The summed E-state index contributed by atoms with van der Waals surface area (Å²) in [5.74, 6) is 0.951. The molecule has 2 aromatic rings. The highest BCUT2D eigenvalue weighted by Crippen LogP contribution is 2.19. The molecule has 0 radical (unpaired) electrons. The maximum atomic E-state index is 13.0. The van der Waals surface area contributed by atoms with E-state index in [1.807, 2.05) is 46.0 Å². The third kappa shape index (κ3) is 4.07. The molecule has 2 atom stereocenters. The van der Waals surface area contributed by atoms with Gasteiger partial charge in [0.2, 0.25) is 5.78 Å². The summed E-state index contributed by atoms with van der Waals surface area (Å²) in [5, 5.41) is 2.98. The highest BCUT2D eigenvalue weighted by molar-refractivity contribution is 6.00. The summed E-state index contributed by atoms with van der Waals surface area (Å²) in [4.78, 5) is 25.9. The van der Waals surface area contributed by atoms with Gasteiger partial charge in [0.15, 0.2) is 6.54 Å². The minimum Gasteiger partial charge on any atom is -0.467 e. The van der Waals surface area contributed by atoms with Crippen LogP contribution in [0.15, 0.2) is 28.9 Å². The van der Waals surface area contributed by atoms with Gasteiger partial charge in [-0.2, -0.15) is 0 Å². The van der Waals surface area contributed by atoms with Crippen molar-refractivity contribution in [3.63, 3.8) is 0 Å². The van der Waals surface area contributed by atoms with Gasteiger partial charge in [0.1, 0.15) is 11.8 Å². The van der Waals surface area contributed by atoms with Crippen molar-refractivity contribution in [2.24, 2.45) is 0 Å². The molecular weight excluding hydrogens is 330 g/mol. The summed E-state index contributed by atoms with van der Waals surface area (Å²) in [5.41, 5.74) is 2.69. The van der Waals surface area contributed by atoms with Crippen LogP contribution in [0.2, 0.25) is 0 Å². The van der Waals surface area contributed by atoms with Gasteiger partial charge in [-0.05, 0) is 51.8 Å². The molecular formula is C20H28N3O3+. The molecule has 0 saturated heterocycles. The number of carbonyl (C=O) groups excluding carboxylic acids is 2. The van der Waals surface area contributed by atoms with Crippen molar-refractivity contribution in [2.45, 2.75) is 52.2 Å². The first kappa shape index (κ1) is 18.5. The Morgan fingerprint density at radius 1 is 1.38 bits per heavy atom. The molecule has 0 aliphatic heterocycles. The summed E-state index contributed by atoms with van der Waals surface area (Å²) in [6.45, 7) is 6.77. The van der Waals surface area contributed by atoms with Crippen LogP contribution in [0, 0.1) is 13.8 Å². The second-order valence-corrected chi connectivity index (χ2v) is 7.40. The van der Waals surface area contributed by atoms with Gasteiger partial charge < -0.3 is 19.2 Å². The van der Waals surface area contributed by atoms with Crippen LogP contribution in [-0.2, 0) is 11.3 Å². The maximum absolute atomic E-state index is 13.0. The molecule has 2 heterocycles. The highest BCUT2D eigenvalue weighted by atomic mass is 16.3. The third-order valence-electron chi connectivity index (χ3n) is 5.25. The zero-order valence-corrected chi connectivity index (χ0v) is 16.0. The smallest absolute Gasteiger partial charge is 0.275 e. The number of amides is 1. The number of hydrogen-bond donors (Lipinski definition) is 2. The van der Waals surface area contributed by atoms with E-state index in [4.69, 9.17) is 4.42 Å². The number of aryl methyl sites for hydroxylation is 1. The molecule has 1 unspecified atom stereocenters. The second kappa shape index (κ2) is 7.50. The fourth-order valence-electron chi connectivity index (χ4n) is 3.22. The highest BCUT2D eigenvalue weighted by Gasteiger charge is 2.30. The number of furan rings is 1. The van der Waals surface area contributed by atoms with Gasteiger partial charge in [-0.3, -0.25) is 9.59 Å². The molecule has 1 saturated carbocycles. The summed E-state index contributed by atoms with van der Waals surface area (Å²) in [7, 11) is 1.90. The summed E-state index contributed by atoms with van der Waals surface area (Å²) < 4.78 is 7.52. The van der Waals surface area contributed by atoms with E-state index in [1.54, 1.807) is 6.26 Å². The molecule has 2 aromatic heterocycles. The Morgan fingerprint density at radius 3 is 2.73 bits per heavy atom. The van der Waals surface area contributed by atoms with E-state index >= 15 is 0 Å². The Kier molecular flexibility index (Phi) is 5.32. The van der Waals surface area contributed by atoms with Gasteiger partial charge in [0.25, 0.3) is 5.91 Å². The second-order valence-electron chi connectivity index (χ2n) is 7.40. The van der Waals surface area contributed by atoms with Gasteiger partial charge in [-0.25, -0.2) is 0 Å². The third-order valence-corrected chi connectivity index (χ3v) is 5.25. The topological polar surface area (TPSA) is 68.7 Å². The van der Waals surface area contributed by atoms with Crippen molar-refractivity contribution >= 4 is 11.7 Å². The molecule has 0 spiro atoms. The van der Waals surface area contributed by atoms with E-state index in [0.29, 0.717) is 19.1 Å². The van der Waals surface area contributed by atoms with Crippen LogP contribution in [0.5, 0.6) is 0 Å². The van der Waals surface area contributed by atoms with Crippen molar-refractivity contribution < 1.29 is 18.9 Å². The Bertz CT molecular complexity index is 788. The minimum absolute atomic E-state index is 0.0212. The lowest BCUT2D eigenvalue weighted by Crippen LogP contribution is -3.14. The molecule has 1 amide bonds. The monoisotopic (exact) mass is 358 g/mol. The lowest BCUT2D eigenvalue weighted by molar-refractivity contribution is -0.885. The Morgan fingerprint density at radius 2 is 2.12 bits per heavy atom. The van der Waals surface area contributed by atoms with Gasteiger partial charge in [-0.1, -0.05) is 0 Å². The first-order chi connectivity index (χ1) is 12.4. The van der Waals surface area contributed by atoms with Gasteiger partial charge in [0, 0.05) is 23.0 Å². The Balaban J connectivity index is 1.69. The van der Waals surface area contributed by atoms with E-state index < -0.39 is 0 Å². The zero-order chi connectivity index (χ0) is 18.8. The number of nitrogens with zero attached hydrogens (tertiary/aromatic N) is 1. The zero-order valence-electron chi connectivity index (χ0n) is 16.0. The summed E-state index contributed by atoms with van der Waals surface area (Å²) in [6, 6.07) is 5.80. The number of carbonyl (C=O) groups is 2. The van der Waals surface area contributed by atoms with E-state index in [1.165, 1.54) is 0 Å². The van der Waals surface area contributed by atoms with E-state index in [2.05, 4.69) is 9.88 Å². The van der Waals surface area contributed by atoms with Gasteiger partial charge >= 0.3 is 0 Å². The van der Waals surface area contributed by atoms with Crippen molar-refractivity contribution in [3.05, 3.63) is 47.2 Å². The summed E-state index contributed by atoms with van der Waals surface area (Å²) >= 11 is 0. The predicted octanol–water partition coefficient (Wildman–Crippen LogP) is 1.11. The van der Waals surface area contributed by atoms with Crippen LogP contribution >= 0.6 is 0 Å². The molecule has 2 N–H and O–H groups in total. The molecule has 0 aromatic carbocycles. The fourth-order valence-corrected chi connectivity index (χ4v) is 3.22. The molecule has 1 aliphatic carbocycles. The number of quaternary nitrogens is 1. The lowest BCUT2D eigenvalue weighted by atomic mass is 10.0. The van der Waals surface area contributed by atoms with E-state index in [-0.39, 0.29) is 17.7 Å². The van der Waals surface area contributed by atoms with Crippen LogP contribution in [0.25, 0.3) is 0 Å². The largest absolute Gasteiger partial charge is 0.467 e. The first-order valence-corrected chi connectivity index (χ1v) is 9.21. The number of rotatable bonds is 8.